The molecule has 0 atom stereocenters. The minimum absolute atomic E-state index is 0.132. The van der Waals surface area contributed by atoms with Gasteiger partial charge in [-0.3, -0.25) is 9.69 Å². The summed E-state index contributed by atoms with van der Waals surface area (Å²) in [6.07, 6.45) is 1.01. The second kappa shape index (κ2) is 6.87. The molecule has 0 fully saturated rings. The van der Waals surface area contributed by atoms with E-state index in [9.17, 15) is 13.6 Å². The molecule has 3 rings (SSSR count). The van der Waals surface area contributed by atoms with Gasteiger partial charge in [-0.25, -0.2) is 8.78 Å². The van der Waals surface area contributed by atoms with E-state index in [1.165, 1.54) is 17.2 Å². The monoisotopic (exact) mass is 316 g/mol. The minimum atomic E-state index is -1.01. The van der Waals surface area contributed by atoms with Gasteiger partial charge in [0.1, 0.15) is 0 Å². The third-order valence-electron chi connectivity index (χ3n) is 4.11. The Morgan fingerprint density at radius 2 is 1.87 bits per heavy atom. The summed E-state index contributed by atoms with van der Waals surface area (Å²) in [6.45, 7) is 3.03. The Bertz CT molecular complexity index is 718. The van der Waals surface area contributed by atoms with Gasteiger partial charge in [-0.1, -0.05) is 24.3 Å². The van der Waals surface area contributed by atoms with E-state index >= 15 is 0 Å². The van der Waals surface area contributed by atoms with E-state index in [4.69, 9.17) is 0 Å². The fraction of sp³-hybridized carbons (Fsp3) is 0.278. The molecule has 0 bridgehead atoms. The smallest absolute Gasteiger partial charge is 0.251 e. The normalized spacial score (nSPS) is 14.3. The standard InChI is InChI=1S/C18H18F2N2O/c19-16-6-5-14(11-17(16)20)18(23)21-8-10-22-9-7-13-3-1-2-4-15(13)12-22/h1-6,11H,7-10,12H2,(H,21,23). The van der Waals surface area contributed by atoms with Gasteiger partial charge < -0.3 is 5.32 Å². The summed E-state index contributed by atoms with van der Waals surface area (Å²) >= 11 is 0. The van der Waals surface area contributed by atoms with Crippen LogP contribution >= 0.6 is 0 Å². The first-order valence-electron chi connectivity index (χ1n) is 7.66. The predicted molar refractivity (Wildman–Crippen MR) is 84.1 cm³/mol. The zero-order chi connectivity index (χ0) is 16.2. The zero-order valence-corrected chi connectivity index (χ0v) is 12.7. The summed E-state index contributed by atoms with van der Waals surface area (Å²) in [5.41, 5.74) is 2.84. The highest BCUT2D eigenvalue weighted by Crippen LogP contribution is 2.17. The molecule has 0 saturated carbocycles. The van der Waals surface area contributed by atoms with E-state index in [0.29, 0.717) is 6.54 Å². The number of fused-ring (bicyclic) bond motifs is 1. The average molecular weight is 316 g/mol. The molecule has 1 heterocycles. The molecule has 1 aliphatic heterocycles. The lowest BCUT2D eigenvalue weighted by Gasteiger charge is -2.28. The Morgan fingerprint density at radius 1 is 1.09 bits per heavy atom. The van der Waals surface area contributed by atoms with Crippen LogP contribution in [0.25, 0.3) is 0 Å². The summed E-state index contributed by atoms with van der Waals surface area (Å²) < 4.78 is 26.0. The van der Waals surface area contributed by atoms with Crippen LogP contribution in [0.2, 0.25) is 0 Å². The molecule has 0 saturated heterocycles. The van der Waals surface area contributed by atoms with E-state index in [2.05, 4.69) is 28.4 Å². The van der Waals surface area contributed by atoms with Gasteiger partial charge >= 0.3 is 0 Å². The molecule has 0 spiro atoms. The van der Waals surface area contributed by atoms with Crippen LogP contribution in [0.15, 0.2) is 42.5 Å². The first-order chi connectivity index (χ1) is 11.1. The molecule has 1 amide bonds. The van der Waals surface area contributed by atoms with Gasteiger partial charge in [0.25, 0.3) is 5.91 Å². The number of benzene rings is 2. The molecule has 5 heteroatoms. The Balaban J connectivity index is 1.50. The molecule has 3 nitrogen and oxygen atoms in total. The molecule has 1 aliphatic rings. The number of nitrogens with one attached hydrogen (secondary N) is 1. The molecule has 1 N–H and O–H groups in total. The van der Waals surface area contributed by atoms with E-state index in [0.717, 1.165) is 38.2 Å². The van der Waals surface area contributed by atoms with Gasteiger partial charge in [0.05, 0.1) is 0 Å². The fourth-order valence-electron chi connectivity index (χ4n) is 2.81. The van der Waals surface area contributed by atoms with Crippen molar-refractivity contribution in [2.24, 2.45) is 0 Å². The van der Waals surface area contributed by atoms with Crippen LogP contribution in [-0.4, -0.2) is 30.4 Å². The number of halogens is 2. The van der Waals surface area contributed by atoms with Crippen LogP contribution in [-0.2, 0) is 13.0 Å². The van der Waals surface area contributed by atoms with Gasteiger partial charge in [-0.2, -0.15) is 0 Å². The molecular weight excluding hydrogens is 298 g/mol. The predicted octanol–water partition coefficient (Wildman–Crippen LogP) is 2.75. The number of carbonyl (C=O) groups excluding carboxylic acids is 1. The van der Waals surface area contributed by atoms with Crippen molar-refractivity contribution in [2.45, 2.75) is 13.0 Å². The molecule has 2 aromatic rings. The second-order valence-corrected chi connectivity index (χ2v) is 5.68. The fourth-order valence-corrected chi connectivity index (χ4v) is 2.81. The van der Waals surface area contributed by atoms with Crippen LogP contribution in [0.5, 0.6) is 0 Å². The van der Waals surface area contributed by atoms with Crippen LogP contribution in [0.1, 0.15) is 21.5 Å². The maximum absolute atomic E-state index is 13.1. The molecule has 0 aromatic heterocycles. The Labute approximate surface area is 133 Å². The molecular formula is C18H18F2N2O. The molecule has 2 aromatic carbocycles. The number of carbonyl (C=O) groups is 1. The summed E-state index contributed by atoms with van der Waals surface area (Å²) in [6, 6.07) is 11.5. The van der Waals surface area contributed by atoms with Crippen molar-refractivity contribution in [3.8, 4) is 0 Å². The molecule has 120 valence electrons. The number of hydrogen-bond acceptors (Lipinski definition) is 2. The topological polar surface area (TPSA) is 32.3 Å². The van der Waals surface area contributed by atoms with Crippen molar-refractivity contribution >= 4 is 5.91 Å². The Morgan fingerprint density at radius 3 is 2.65 bits per heavy atom. The van der Waals surface area contributed by atoms with Crippen LogP contribution in [0.4, 0.5) is 8.78 Å². The van der Waals surface area contributed by atoms with E-state index in [1.54, 1.807) is 0 Å². The van der Waals surface area contributed by atoms with Crippen LogP contribution in [0.3, 0.4) is 0 Å². The Hall–Kier alpha value is -2.27. The summed E-state index contributed by atoms with van der Waals surface area (Å²) in [7, 11) is 0. The van der Waals surface area contributed by atoms with E-state index < -0.39 is 11.6 Å². The second-order valence-electron chi connectivity index (χ2n) is 5.68. The van der Waals surface area contributed by atoms with Crippen molar-refractivity contribution in [3.05, 3.63) is 70.8 Å². The molecule has 0 aliphatic carbocycles. The van der Waals surface area contributed by atoms with Gasteiger partial charge in [0.2, 0.25) is 0 Å². The van der Waals surface area contributed by atoms with Gasteiger partial charge in [0.15, 0.2) is 11.6 Å². The number of nitrogens with zero attached hydrogens (tertiary/aromatic N) is 1. The molecule has 0 radical (unpaired) electrons. The lowest BCUT2D eigenvalue weighted by Crippen LogP contribution is -2.37. The minimum Gasteiger partial charge on any atom is -0.351 e. The highest BCUT2D eigenvalue weighted by atomic mass is 19.2. The number of amides is 1. The number of rotatable bonds is 4. The first kappa shape index (κ1) is 15.6. The van der Waals surface area contributed by atoms with Gasteiger partial charge in [0, 0.05) is 31.7 Å². The van der Waals surface area contributed by atoms with Gasteiger partial charge in [-0.05, 0) is 35.7 Å². The lowest BCUT2D eigenvalue weighted by molar-refractivity contribution is 0.0946. The van der Waals surface area contributed by atoms with Crippen LogP contribution < -0.4 is 5.32 Å². The van der Waals surface area contributed by atoms with Crippen molar-refractivity contribution in [1.82, 2.24) is 10.2 Å². The van der Waals surface area contributed by atoms with Crippen LogP contribution in [0, 0.1) is 11.6 Å². The number of hydrogen-bond donors (Lipinski definition) is 1. The lowest BCUT2D eigenvalue weighted by atomic mass is 10.00. The highest BCUT2D eigenvalue weighted by Gasteiger charge is 2.15. The van der Waals surface area contributed by atoms with Crippen molar-refractivity contribution in [1.29, 1.82) is 0 Å². The summed E-state index contributed by atoms with van der Waals surface area (Å²) in [5, 5.41) is 2.75. The van der Waals surface area contributed by atoms with Gasteiger partial charge in [-0.15, -0.1) is 0 Å². The third-order valence-corrected chi connectivity index (χ3v) is 4.11. The molecule has 0 unspecified atom stereocenters. The van der Waals surface area contributed by atoms with E-state index in [-0.39, 0.29) is 11.5 Å². The molecule has 23 heavy (non-hydrogen) atoms. The zero-order valence-electron chi connectivity index (χ0n) is 12.7. The quantitative estimate of drug-likeness (QED) is 0.941. The van der Waals surface area contributed by atoms with Crippen molar-refractivity contribution in [2.75, 3.05) is 19.6 Å². The summed E-state index contributed by atoms with van der Waals surface area (Å²) in [5.74, 6) is -2.35. The van der Waals surface area contributed by atoms with Crippen molar-refractivity contribution in [3.63, 3.8) is 0 Å². The SMILES string of the molecule is O=C(NCCN1CCc2ccccc2C1)c1ccc(F)c(F)c1. The maximum Gasteiger partial charge on any atom is 0.251 e. The first-order valence-corrected chi connectivity index (χ1v) is 7.66. The summed E-state index contributed by atoms with van der Waals surface area (Å²) in [4.78, 5) is 14.2. The van der Waals surface area contributed by atoms with Crippen molar-refractivity contribution < 1.29 is 13.6 Å². The largest absolute Gasteiger partial charge is 0.351 e. The maximum atomic E-state index is 13.1. The highest BCUT2D eigenvalue weighted by molar-refractivity contribution is 5.94. The average Bonchev–Trinajstić information content (AvgIpc) is 2.57. The van der Waals surface area contributed by atoms with E-state index in [1.807, 2.05) is 6.07 Å². The Kier molecular flexibility index (Phi) is 4.67. The third kappa shape index (κ3) is 3.74.